The molecule has 2 heterocycles. The molecule has 0 N–H and O–H groups in total. The highest BCUT2D eigenvalue weighted by molar-refractivity contribution is 9.10. The molecule has 0 amide bonds. The zero-order valence-corrected chi connectivity index (χ0v) is 11.0. The molecule has 17 heavy (non-hydrogen) atoms. The van der Waals surface area contributed by atoms with E-state index < -0.39 is 0 Å². The van der Waals surface area contributed by atoms with E-state index in [1.807, 2.05) is 30.6 Å². The van der Waals surface area contributed by atoms with Crippen molar-refractivity contribution >= 4 is 21.4 Å². The third kappa shape index (κ3) is 1.76. The van der Waals surface area contributed by atoms with Gasteiger partial charge in [-0.15, -0.1) is 0 Å². The molecule has 3 rings (SSSR count). The number of pyridine rings is 1. The number of imidazole rings is 1. The number of aromatic nitrogens is 2. The van der Waals surface area contributed by atoms with Crippen molar-refractivity contribution < 1.29 is 0 Å². The predicted molar refractivity (Wildman–Crippen MR) is 73.1 cm³/mol. The van der Waals surface area contributed by atoms with Crippen molar-refractivity contribution in [3.05, 3.63) is 58.8 Å². The lowest BCUT2D eigenvalue weighted by Crippen LogP contribution is -1.91. The Morgan fingerprint density at radius 1 is 1.12 bits per heavy atom. The van der Waals surface area contributed by atoms with Gasteiger partial charge in [0.2, 0.25) is 0 Å². The van der Waals surface area contributed by atoms with E-state index in [1.54, 1.807) is 0 Å². The molecule has 0 unspecified atom stereocenters. The second-order valence-electron chi connectivity index (χ2n) is 4.04. The molecule has 0 fully saturated rings. The molecule has 0 bridgehead atoms. The van der Waals surface area contributed by atoms with Crippen LogP contribution < -0.4 is 0 Å². The minimum absolute atomic E-state index is 0.986. The lowest BCUT2D eigenvalue weighted by molar-refractivity contribution is 1.15. The van der Waals surface area contributed by atoms with Gasteiger partial charge >= 0.3 is 0 Å². The number of hydrogen-bond donors (Lipinski definition) is 0. The van der Waals surface area contributed by atoms with Crippen molar-refractivity contribution in [2.45, 2.75) is 6.92 Å². The maximum atomic E-state index is 4.51. The van der Waals surface area contributed by atoms with Crippen LogP contribution in [0.25, 0.3) is 16.9 Å². The highest BCUT2D eigenvalue weighted by Crippen LogP contribution is 2.24. The Bertz CT molecular complexity index is 686. The van der Waals surface area contributed by atoms with E-state index in [0.29, 0.717) is 0 Å². The summed E-state index contributed by atoms with van der Waals surface area (Å²) in [4.78, 5) is 4.51. The number of hydrogen-bond acceptors (Lipinski definition) is 1. The Morgan fingerprint density at radius 3 is 2.76 bits per heavy atom. The predicted octanol–water partition coefficient (Wildman–Crippen LogP) is 4.07. The van der Waals surface area contributed by atoms with Gasteiger partial charge in [0.15, 0.2) is 0 Å². The molecule has 3 heteroatoms. The Labute approximate surface area is 108 Å². The van der Waals surface area contributed by atoms with E-state index >= 15 is 0 Å². The number of rotatable bonds is 1. The van der Waals surface area contributed by atoms with Crippen molar-refractivity contribution in [3.63, 3.8) is 0 Å². The zero-order chi connectivity index (χ0) is 11.8. The summed E-state index contributed by atoms with van der Waals surface area (Å²) < 4.78 is 3.16. The van der Waals surface area contributed by atoms with E-state index in [4.69, 9.17) is 0 Å². The van der Waals surface area contributed by atoms with Crippen LogP contribution in [0.3, 0.4) is 0 Å². The number of nitrogens with zero attached hydrogens (tertiary/aromatic N) is 2. The monoisotopic (exact) mass is 286 g/mol. The quantitative estimate of drug-likeness (QED) is 0.659. The molecule has 0 saturated heterocycles. The van der Waals surface area contributed by atoms with E-state index in [2.05, 4.69) is 50.4 Å². The summed E-state index contributed by atoms with van der Waals surface area (Å²) in [5.74, 6) is 0.986. The first-order valence-electron chi connectivity index (χ1n) is 5.44. The van der Waals surface area contributed by atoms with Gasteiger partial charge in [-0.05, 0) is 40.5 Å². The van der Waals surface area contributed by atoms with Crippen LogP contribution in [-0.4, -0.2) is 9.38 Å². The van der Waals surface area contributed by atoms with Crippen LogP contribution >= 0.6 is 15.9 Å². The standard InChI is InChI=1S/C14H11BrN2/c1-10-4-2-3-5-13(10)14-16-8-12-7-6-11(15)9-17(12)14/h2-9H,1H3. The van der Waals surface area contributed by atoms with Gasteiger partial charge in [-0.3, -0.25) is 4.40 Å². The number of aryl methyl sites for hydroxylation is 1. The maximum Gasteiger partial charge on any atom is 0.144 e. The molecule has 0 saturated carbocycles. The molecule has 3 aromatic rings. The SMILES string of the molecule is Cc1ccccc1-c1ncc2ccc(Br)cn12. The van der Waals surface area contributed by atoms with Crippen LogP contribution in [-0.2, 0) is 0 Å². The molecular weight excluding hydrogens is 276 g/mol. The Morgan fingerprint density at radius 2 is 1.94 bits per heavy atom. The van der Waals surface area contributed by atoms with Crippen LogP contribution in [0.4, 0.5) is 0 Å². The van der Waals surface area contributed by atoms with Crippen molar-refractivity contribution in [2.24, 2.45) is 0 Å². The summed E-state index contributed by atoms with van der Waals surface area (Å²) in [6.07, 6.45) is 3.94. The van der Waals surface area contributed by atoms with Gasteiger partial charge in [-0.25, -0.2) is 4.98 Å². The second kappa shape index (κ2) is 4.00. The first-order chi connectivity index (χ1) is 8.25. The molecular formula is C14H11BrN2. The smallest absolute Gasteiger partial charge is 0.144 e. The largest absolute Gasteiger partial charge is 0.299 e. The van der Waals surface area contributed by atoms with Gasteiger partial charge in [0.1, 0.15) is 5.82 Å². The van der Waals surface area contributed by atoms with Gasteiger partial charge in [0.25, 0.3) is 0 Å². The number of halogens is 1. The summed E-state index contributed by atoms with van der Waals surface area (Å²) >= 11 is 3.49. The summed E-state index contributed by atoms with van der Waals surface area (Å²) in [7, 11) is 0. The third-order valence-electron chi connectivity index (χ3n) is 2.88. The molecule has 2 nitrogen and oxygen atoms in total. The normalized spacial score (nSPS) is 10.9. The number of benzene rings is 1. The topological polar surface area (TPSA) is 17.3 Å². The Kier molecular flexibility index (Phi) is 2.48. The van der Waals surface area contributed by atoms with E-state index in [9.17, 15) is 0 Å². The fourth-order valence-corrected chi connectivity index (χ4v) is 2.32. The maximum absolute atomic E-state index is 4.51. The van der Waals surface area contributed by atoms with Crippen LogP contribution in [0.2, 0.25) is 0 Å². The van der Waals surface area contributed by atoms with Crippen molar-refractivity contribution in [1.29, 1.82) is 0 Å². The molecule has 0 aliphatic rings. The van der Waals surface area contributed by atoms with Gasteiger partial charge in [-0.1, -0.05) is 24.3 Å². The van der Waals surface area contributed by atoms with Gasteiger partial charge in [-0.2, -0.15) is 0 Å². The minimum atomic E-state index is 0.986. The average Bonchev–Trinajstić information content (AvgIpc) is 2.72. The van der Waals surface area contributed by atoms with E-state index in [1.165, 1.54) is 11.1 Å². The van der Waals surface area contributed by atoms with Gasteiger partial charge in [0.05, 0.1) is 11.7 Å². The molecule has 0 radical (unpaired) electrons. The Balaban J connectivity index is 2.31. The van der Waals surface area contributed by atoms with Crippen molar-refractivity contribution in [2.75, 3.05) is 0 Å². The van der Waals surface area contributed by atoms with E-state index in [0.717, 1.165) is 15.8 Å². The molecule has 0 atom stereocenters. The van der Waals surface area contributed by atoms with Crippen LogP contribution in [0.5, 0.6) is 0 Å². The number of fused-ring (bicyclic) bond motifs is 1. The lowest BCUT2D eigenvalue weighted by Gasteiger charge is -2.05. The van der Waals surface area contributed by atoms with Crippen LogP contribution in [0.15, 0.2) is 53.3 Å². The fraction of sp³-hybridized carbons (Fsp3) is 0.0714. The van der Waals surface area contributed by atoms with Crippen LogP contribution in [0, 0.1) is 6.92 Å². The highest BCUT2D eigenvalue weighted by atomic mass is 79.9. The molecule has 0 aliphatic carbocycles. The summed E-state index contributed by atoms with van der Waals surface area (Å²) in [5.41, 5.74) is 3.51. The van der Waals surface area contributed by atoms with Crippen molar-refractivity contribution in [3.8, 4) is 11.4 Å². The van der Waals surface area contributed by atoms with Crippen LogP contribution in [0.1, 0.15) is 5.56 Å². The fourth-order valence-electron chi connectivity index (χ4n) is 1.99. The first kappa shape index (κ1) is 10.5. The summed E-state index contributed by atoms with van der Waals surface area (Å²) in [6, 6.07) is 12.4. The molecule has 1 aromatic carbocycles. The first-order valence-corrected chi connectivity index (χ1v) is 6.23. The third-order valence-corrected chi connectivity index (χ3v) is 3.35. The molecule has 0 spiro atoms. The molecule has 2 aromatic heterocycles. The molecule has 84 valence electrons. The molecule has 0 aliphatic heterocycles. The summed E-state index contributed by atoms with van der Waals surface area (Å²) in [6.45, 7) is 2.11. The lowest BCUT2D eigenvalue weighted by atomic mass is 10.1. The zero-order valence-electron chi connectivity index (χ0n) is 9.39. The average molecular weight is 287 g/mol. The second-order valence-corrected chi connectivity index (χ2v) is 4.95. The highest BCUT2D eigenvalue weighted by Gasteiger charge is 2.08. The Hall–Kier alpha value is -1.61. The summed E-state index contributed by atoms with van der Waals surface area (Å²) in [5, 5.41) is 0. The van der Waals surface area contributed by atoms with Gasteiger partial charge in [0, 0.05) is 16.2 Å². The van der Waals surface area contributed by atoms with Crippen molar-refractivity contribution in [1.82, 2.24) is 9.38 Å². The van der Waals surface area contributed by atoms with E-state index in [-0.39, 0.29) is 0 Å². The van der Waals surface area contributed by atoms with Gasteiger partial charge < -0.3 is 0 Å². The minimum Gasteiger partial charge on any atom is -0.299 e.